The van der Waals surface area contributed by atoms with Crippen molar-refractivity contribution >= 4 is 28.4 Å². The fraction of sp³-hybridized carbons (Fsp3) is 0.267. The normalized spacial score (nSPS) is 18.6. The molecule has 2 aromatic rings. The number of carbonyl (C=O) groups excluding carboxylic acids is 2. The standard InChI is InChI=1S/C15H15N3O2/c19-14-6-3-11(9-17-14)15(20)18-12-4-5-13-10(8-12)2-1-7-16-13/h1-2,4-5,7-8,11H,3,6,9H2,(H,17,19)(H,18,20). The van der Waals surface area contributed by atoms with Gasteiger partial charge in [-0.15, -0.1) is 0 Å². The first-order valence-corrected chi connectivity index (χ1v) is 6.65. The van der Waals surface area contributed by atoms with Gasteiger partial charge in [0.15, 0.2) is 0 Å². The minimum absolute atomic E-state index is 0.0193. The fourth-order valence-corrected chi connectivity index (χ4v) is 2.35. The molecule has 1 fully saturated rings. The van der Waals surface area contributed by atoms with Gasteiger partial charge in [0.05, 0.1) is 11.4 Å². The predicted octanol–water partition coefficient (Wildman–Crippen LogP) is 1.70. The Balaban J connectivity index is 1.72. The molecule has 1 aliphatic heterocycles. The summed E-state index contributed by atoms with van der Waals surface area (Å²) in [5.74, 6) is -0.184. The SMILES string of the molecule is O=C1CCC(C(=O)Nc2ccc3ncccc3c2)CN1. The number of piperidine rings is 1. The van der Waals surface area contributed by atoms with Crippen LogP contribution in [0.25, 0.3) is 10.9 Å². The van der Waals surface area contributed by atoms with Gasteiger partial charge in [0.2, 0.25) is 11.8 Å². The van der Waals surface area contributed by atoms with Crippen LogP contribution >= 0.6 is 0 Å². The van der Waals surface area contributed by atoms with Crippen LogP contribution in [0.3, 0.4) is 0 Å². The summed E-state index contributed by atoms with van der Waals surface area (Å²) in [7, 11) is 0. The average Bonchev–Trinajstić information content (AvgIpc) is 2.48. The summed E-state index contributed by atoms with van der Waals surface area (Å²) in [6, 6.07) is 9.45. The molecule has 5 heteroatoms. The second kappa shape index (κ2) is 5.28. The fourth-order valence-electron chi connectivity index (χ4n) is 2.35. The molecular formula is C15H15N3O2. The van der Waals surface area contributed by atoms with Gasteiger partial charge in [0.25, 0.3) is 0 Å². The molecule has 5 nitrogen and oxygen atoms in total. The molecule has 0 saturated carbocycles. The lowest BCUT2D eigenvalue weighted by atomic mass is 9.98. The third-order valence-electron chi connectivity index (χ3n) is 3.51. The lowest BCUT2D eigenvalue weighted by molar-refractivity contribution is -0.126. The Labute approximate surface area is 116 Å². The summed E-state index contributed by atoms with van der Waals surface area (Å²) < 4.78 is 0. The lowest BCUT2D eigenvalue weighted by Crippen LogP contribution is -2.40. The summed E-state index contributed by atoms with van der Waals surface area (Å²) in [6.07, 6.45) is 2.76. The topological polar surface area (TPSA) is 71.1 Å². The lowest BCUT2D eigenvalue weighted by Gasteiger charge is -2.21. The van der Waals surface area contributed by atoms with Crippen molar-refractivity contribution in [3.63, 3.8) is 0 Å². The van der Waals surface area contributed by atoms with Gasteiger partial charge in [-0.25, -0.2) is 0 Å². The summed E-state index contributed by atoms with van der Waals surface area (Å²) in [5.41, 5.74) is 1.66. The van der Waals surface area contributed by atoms with E-state index in [4.69, 9.17) is 0 Å². The van der Waals surface area contributed by atoms with Gasteiger partial charge >= 0.3 is 0 Å². The summed E-state index contributed by atoms with van der Waals surface area (Å²) in [6.45, 7) is 0.416. The van der Waals surface area contributed by atoms with Gasteiger partial charge in [-0.3, -0.25) is 14.6 Å². The molecule has 2 amide bonds. The maximum absolute atomic E-state index is 12.1. The molecule has 1 aliphatic rings. The Morgan fingerprint density at radius 1 is 1.35 bits per heavy atom. The zero-order chi connectivity index (χ0) is 13.9. The van der Waals surface area contributed by atoms with Crippen molar-refractivity contribution in [2.45, 2.75) is 12.8 Å². The van der Waals surface area contributed by atoms with E-state index in [1.807, 2.05) is 30.3 Å². The van der Waals surface area contributed by atoms with Gasteiger partial charge in [-0.1, -0.05) is 6.07 Å². The van der Waals surface area contributed by atoms with Crippen LogP contribution < -0.4 is 10.6 Å². The molecule has 2 heterocycles. The molecule has 3 rings (SSSR count). The second-order valence-corrected chi connectivity index (χ2v) is 4.94. The number of hydrogen-bond donors (Lipinski definition) is 2. The summed E-state index contributed by atoms with van der Waals surface area (Å²) in [4.78, 5) is 27.5. The van der Waals surface area contributed by atoms with E-state index >= 15 is 0 Å². The molecule has 0 aliphatic carbocycles. The van der Waals surface area contributed by atoms with Crippen LogP contribution in [0, 0.1) is 5.92 Å². The molecule has 102 valence electrons. The number of anilines is 1. The predicted molar refractivity (Wildman–Crippen MR) is 76.1 cm³/mol. The molecule has 1 aromatic carbocycles. The zero-order valence-electron chi connectivity index (χ0n) is 10.9. The molecule has 1 aromatic heterocycles. The minimum Gasteiger partial charge on any atom is -0.355 e. The number of aromatic nitrogens is 1. The van der Waals surface area contributed by atoms with Crippen molar-refractivity contribution in [2.24, 2.45) is 5.92 Å². The van der Waals surface area contributed by atoms with Crippen LogP contribution in [-0.4, -0.2) is 23.3 Å². The number of nitrogens with zero attached hydrogens (tertiary/aromatic N) is 1. The highest BCUT2D eigenvalue weighted by Crippen LogP contribution is 2.19. The summed E-state index contributed by atoms with van der Waals surface area (Å²) in [5, 5.41) is 6.61. The van der Waals surface area contributed by atoms with Crippen molar-refractivity contribution in [3.05, 3.63) is 36.5 Å². The first kappa shape index (κ1) is 12.6. The molecule has 0 radical (unpaired) electrons. The number of fused-ring (bicyclic) bond motifs is 1. The largest absolute Gasteiger partial charge is 0.355 e. The molecular weight excluding hydrogens is 254 g/mol. The van der Waals surface area contributed by atoms with E-state index in [1.165, 1.54) is 0 Å². The first-order chi connectivity index (χ1) is 9.72. The van der Waals surface area contributed by atoms with Crippen molar-refractivity contribution < 1.29 is 9.59 Å². The Kier molecular flexibility index (Phi) is 3.33. The monoisotopic (exact) mass is 269 g/mol. The Hall–Kier alpha value is -2.43. The van der Waals surface area contributed by atoms with Gasteiger partial charge in [0, 0.05) is 30.2 Å². The van der Waals surface area contributed by atoms with Gasteiger partial charge in [-0.2, -0.15) is 0 Å². The number of pyridine rings is 1. The second-order valence-electron chi connectivity index (χ2n) is 4.94. The van der Waals surface area contributed by atoms with E-state index in [1.54, 1.807) is 6.20 Å². The molecule has 20 heavy (non-hydrogen) atoms. The zero-order valence-corrected chi connectivity index (χ0v) is 10.9. The van der Waals surface area contributed by atoms with Crippen LogP contribution in [-0.2, 0) is 9.59 Å². The Morgan fingerprint density at radius 3 is 3.05 bits per heavy atom. The van der Waals surface area contributed by atoms with Crippen LogP contribution in [0.2, 0.25) is 0 Å². The third kappa shape index (κ3) is 2.61. The maximum Gasteiger partial charge on any atom is 0.229 e. The van der Waals surface area contributed by atoms with Crippen molar-refractivity contribution in [2.75, 3.05) is 11.9 Å². The molecule has 1 atom stereocenters. The van der Waals surface area contributed by atoms with Crippen molar-refractivity contribution in [3.8, 4) is 0 Å². The average molecular weight is 269 g/mol. The molecule has 2 N–H and O–H groups in total. The van der Waals surface area contributed by atoms with Crippen LogP contribution in [0.5, 0.6) is 0 Å². The van der Waals surface area contributed by atoms with E-state index in [2.05, 4.69) is 15.6 Å². The highest BCUT2D eigenvalue weighted by molar-refractivity contribution is 5.96. The third-order valence-corrected chi connectivity index (χ3v) is 3.51. The number of hydrogen-bond acceptors (Lipinski definition) is 3. The van der Waals surface area contributed by atoms with E-state index in [0.717, 1.165) is 16.6 Å². The number of nitrogens with one attached hydrogen (secondary N) is 2. The van der Waals surface area contributed by atoms with Crippen molar-refractivity contribution in [1.29, 1.82) is 0 Å². The number of carbonyl (C=O) groups is 2. The van der Waals surface area contributed by atoms with E-state index in [-0.39, 0.29) is 17.7 Å². The Bertz CT molecular complexity index is 659. The number of rotatable bonds is 2. The first-order valence-electron chi connectivity index (χ1n) is 6.65. The number of benzene rings is 1. The smallest absolute Gasteiger partial charge is 0.229 e. The van der Waals surface area contributed by atoms with Gasteiger partial charge in [0.1, 0.15) is 0 Å². The van der Waals surface area contributed by atoms with E-state index < -0.39 is 0 Å². The van der Waals surface area contributed by atoms with E-state index in [0.29, 0.717) is 19.4 Å². The van der Waals surface area contributed by atoms with Crippen LogP contribution in [0.4, 0.5) is 5.69 Å². The molecule has 1 unspecified atom stereocenters. The molecule has 1 saturated heterocycles. The minimum atomic E-state index is -0.155. The molecule has 0 bridgehead atoms. The van der Waals surface area contributed by atoms with Gasteiger partial charge < -0.3 is 10.6 Å². The van der Waals surface area contributed by atoms with Gasteiger partial charge in [-0.05, 0) is 30.7 Å². The highest BCUT2D eigenvalue weighted by Gasteiger charge is 2.24. The van der Waals surface area contributed by atoms with Crippen LogP contribution in [0.1, 0.15) is 12.8 Å². The summed E-state index contributed by atoms with van der Waals surface area (Å²) >= 11 is 0. The van der Waals surface area contributed by atoms with Crippen LogP contribution in [0.15, 0.2) is 36.5 Å². The Morgan fingerprint density at radius 2 is 2.25 bits per heavy atom. The number of amides is 2. The van der Waals surface area contributed by atoms with Crippen molar-refractivity contribution in [1.82, 2.24) is 10.3 Å². The highest BCUT2D eigenvalue weighted by atomic mass is 16.2. The quantitative estimate of drug-likeness (QED) is 0.871. The molecule has 0 spiro atoms. The maximum atomic E-state index is 12.1. The van der Waals surface area contributed by atoms with E-state index in [9.17, 15) is 9.59 Å².